The molecule has 0 bridgehead atoms. The van der Waals surface area contributed by atoms with Crippen molar-refractivity contribution in [3.8, 4) is 5.75 Å². The fraction of sp³-hybridized carbons (Fsp3) is 0.300. The van der Waals surface area contributed by atoms with Gasteiger partial charge < -0.3 is 15.7 Å². The van der Waals surface area contributed by atoms with Crippen molar-refractivity contribution in [2.24, 2.45) is 0 Å². The van der Waals surface area contributed by atoms with Crippen molar-refractivity contribution in [1.82, 2.24) is 10.6 Å². The lowest BCUT2D eigenvalue weighted by atomic mass is 10.1. The van der Waals surface area contributed by atoms with E-state index in [0.717, 1.165) is 37.2 Å². The summed E-state index contributed by atoms with van der Waals surface area (Å²) in [4.78, 5) is 0. The maximum absolute atomic E-state index is 9.42. The molecule has 2 rings (SSSR count). The van der Waals surface area contributed by atoms with Gasteiger partial charge in [0.15, 0.2) is 0 Å². The highest BCUT2D eigenvalue weighted by Gasteiger charge is 1.99. The Labute approximate surface area is 140 Å². The van der Waals surface area contributed by atoms with Gasteiger partial charge in [-0.3, -0.25) is 0 Å². The molecule has 23 heavy (non-hydrogen) atoms. The third-order valence-corrected chi connectivity index (χ3v) is 3.25. The summed E-state index contributed by atoms with van der Waals surface area (Å²) in [6.45, 7) is 9.58. The molecule has 124 valence electrons. The van der Waals surface area contributed by atoms with Gasteiger partial charge in [0.25, 0.3) is 0 Å². The molecule has 1 aliphatic rings. The number of phenols is 1. The van der Waals surface area contributed by atoms with Crippen LogP contribution in [0.5, 0.6) is 5.75 Å². The topological polar surface area (TPSA) is 44.3 Å². The summed E-state index contributed by atoms with van der Waals surface area (Å²) in [5, 5.41) is 16.0. The van der Waals surface area contributed by atoms with Gasteiger partial charge in [-0.05, 0) is 48.7 Å². The summed E-state index contributed by atoms with van der Waals surface area (Å²) in [5.74, 6) is 0.314. The molecule has 0 aromatic heterocycles. The Kier molecular flexibility index (Phi) is 9.25. The van der Waals surface area contributed by atoms with E-state index in [-0.39, 0.29) is 0 Å². The molecule has 3 nitrogen and oxygen atoms in total. The number of rotatable bonds is 5. The monoisotopic (exact) mass is 312 g/mol. The maximum atomic E-state index is 9.42. The first-order valence-electron chi connectivity index (χ1n) is 8.19. The molecule has 0 radical (unpaired) electrons. The summed E-state index contributed by atoms with van der Waals surface area (Å²) in [7, 11) is 0. The Bertz CT molecular complexity index is 571. The van der Waals surface area contributed by atoms with Crippen molar-refractivity contribution >= 4 is 0 Å². The lowest BCUT2D eigenvalue weighted by molar-refractivity contribution is 0.474. The SMILES string of the molecule is C=C1/C=C\C=C/C/C(CCNCc2cccc(O)c2)=C\N1.CC. The molecule has 0 atom stereocenters. The molecule has 0 fully saturated rings. The lowest BCUT2D eigenvalue weighted by Gasteiger charge is -2.08. The third-order valence-electron chi connectivity index (χ3n) is 3.25. The standard InChI is InChI=1S/C18H22N2O.C2H6/c1-15-6-3-2-4-7-16(14-20-15)10-11-19-13-17-8-5-9-18(21)12-17;1-2/h2-6,8-9,12,14,19-21H,1,7,10-11,13H2;1-2H3/b4-2-,6-3-,16-14+;. The normalized spacial score (nSPS) is 18.9. The van der Waals surface area contributed by atoms with Crippen LogP contribution in [0.25, 0.3) is 0 Å². The van der Waals surface area contributed by atoms with Crippen LogP contribution in [0.1, 0.15) is 32.3 Å². The molecule has 0 amide bonds. The van der Waals surface area contributed by atoms with Crippen LogP contribution in [0.2, 0.25) is 0 Å². The Morgan fingerprint density at radius 1 is 1.26 bits per heavy atom. The van der Waals surface area contributed by atoms with E-state index in [1.165, 1.54) is 5.57 Å². The highest BCUT2D eigenvalue weighted by molar-refractivity contribution is 5.27. The molecule has 3 heteroatoms. The summed E-state index contributed by atoms with van der Waals surface area (Å²) in [6, 6.07) is 7.34. The van der Waals surface area contributed by atoms with Crippen LogP contribution in [0.4, 0.5) is 0 Å². The maximum Gasteiger partial charge on any atom is 0.115 e. The number of aromatic hydroxyl groups is 1. The molecule has 1 aliphatic heterocycles. The lowest BCUT2D eigenvalue weighted by Crippen LogP contribution is -2.15. The number of phenolic OH excluding ortho intramolecular Hbond substituents is 1. The van der Waals surface area contributed by atoms with Crippen molar-refractivity contribution < 1.29 is 5.11 Å². The summed E-state index contributed by atoms with van der Waals surface area (Å²) in [5.41, 5.74) is 3.32. The highest BCUT2D eigenvalue weighted by Crippen LogP contribution is 2.11. The van der Waals surface area contributed by atoms with Gasteiger partial charge in [0.1, 0.15) is 5.75 Å². The molecule has 0 saturated heterocycles. The molecule has 0 spiro atoms. The van der Waals surface area contributed by atoms with Crippen molar-refractivity contribution in [3.63, 3.8) is 0 Å². The predicted octanol–water partition coefficient (Wildman–Crippen LogP) is 4.40. The molecule has 0 unspecified atom stereocenters. The van der Waals surface area contributed by atoms with E-state index < -0.39 is 0 Å². The van der Waals surface area contributed by atoms with Gasteiger partial charge in [0, 0.05) is 18.4 Å². The van der Waals surface area contributed by atoms with Gasteiger partial charge in [0.2, 0.25) is 0 Å². The van der Waals surface area contributed by atoms with E-state index in [0.29, 0.717) is 5.75 Å². The summed E-state index contributed by atoms with van der Waals surface area (Å²) < 4.78 is 0. The quantitative estimate of drug-likeness (QED) is 0.706. The molecule has 1 aromatic carbocycles. The van der Waals surface area contributed by atoms with Crippen molar-refractivity contribution in [2.45, 2.75) is 33.2 Å². The Morgan fingerprint density at radius 3 is 2.87 bits per heavy atom. The second-order valence-electron chi connectivity index (χ2n) is 5.06. The molecular weight excluding hydrogens is 284 g/mol. The van der Waals surface area contributed by atoms with E-state index in [1.807, 2.05) is 50.4 Å². The second-order valence-corrected chi connectivity index (χ2v) is 5.06. The zero-order valence-corrected chi connectivity index (χ0v) is 14.2. The van der Waals surface area contributed by atoms with Gasteiger partial charge in [-0.1, -0.05) is 50.8 Å². The molecular formula is C20H28N2O. The zero-order chi connectivity index (χ0) is 16.9. The minimum atomic E-state index is 0.314. The van der Waals surface area contributed by atoms with E-state index in [2.05, 4.69) is 23.3 Å². The Hall–Kier alpha value is -2.26. The summed E-state index contributed by atoms with van der Waals surface area (Å²) in [6.07, 6.45) is 12.1. The van der Waals surface area contributed by atoms with Gasteiger partial charge in [0.05, 0.1) is 0 Å². The van der Waals surface area contributed by atoms with Gasteiger partial charge in [-0.25, -0.2) is 0 Å². The van der Waals surface area contributed by atoms with Gasteiger partial charge in [-0.2, -0.15) is 0 Å². The van der Waals surface area contributed by atoms with Crippen LogP contribution in [0.15, 0.2) is 72.6 Å². The number of nitrogens with one attached hydrogen (secondary N) is 2. The van der Waals surface area contributed by atoms with Crippen molar-refractivity contribution in [3.05, 3.63) is 78.2 Å². The van der Waals surface area contributed by atoms with E-state index in [1.54, 1.807) is 12.1 Å². The van der Waals surface area contributed by atoms with Crippen LogP contribution in [-0.4, -0.2) is 11.7 Å². The van der Waals surface area contributed by atoms with Crippen LogP contribution in [-0.2, 0) is 6.54 Å². The summed E-state index contributed by atoms with van der Waals surface area (Å²) >= 11 is 0. The van der Waals surface area contributed by atoms with E-state index >= 15 is 0 Å². The largest absolute Gasteiger partial charge is 0.508 e. The number of hydrogen-bond acceptors (Lipinski definition) is 3. The zero-order valence-electron chi connectivity index (χ0n) is 14.2. The van der Waals surface area contributed by atoms with E-state index in [4.69, 9.17) is 0 Å². The minimum Gasteiger partial charge on any atom is -0.508 e. The number of hydrogen-bond donors (Lipinski definition) is 3. The van der Waals surface area contributed by atoms with Gasteiger partial charge in [-0.15, -0.1) is 0 Å². The first-order valence-corrected chi connectivity index (χ1v) is 8.19. The first kappa shape index (κ1) is 18.8. The minimum absolute atomic E-state index is 0.314. The smallest absolute Gasteiger partial charge is 0.115 e. The fourth-order valence-electron chi connectivity index (χ4n) is 2.09. The second kappa shape index (κ2) is 11.3. The first-order chi connectivity index (χ1) is 11.2. The third kappa shape index (κ3) is 8.07. The van der Waals surface area contributed by atoms with Crippen LogP contribution in [0, 0.1) is 0 Å². The Morgan fingerprint density at radius 2 is 2.09 bits per heavy atom. The fourth-order valence-corrected chi connectivity index (χ4v) is 2.09. The molecule has 0 saturated carbocycles. The molecule has 3 N–H and O–H groups in total. The average Bonchev–Trinajstić information content (AvgIpc) is 2.66. The molecule has 1 heterocycles. The van der Waals surface area contributed by atoms with E-state index in [9.17, 15) is 5.11 Å². The number of allylic oxidation sites excluding steroid dienone is 4. The van der Waals surface area contributed by atoms with Crippen LogP contribution in [0.3, 0.4) is 0 Å². The highest BCUT2D eigenvalue weighted by atomic mass is 16.3. The van der Waals surface area contributed by atoms with Crippen molar-refractivity contribution in [1.29, 1.82) is 0 Å². The van der Waals surface area contributed by atoms with Gasteiger partial charge >= 0.3 is 0 Å². The number of benzene rings is 1. The molecule has 0 aliphatic carbocycles. The average molecular weight is 312 g/mol. The van der Waals surface area contributed by atoms with Crippen LogP contribution < -0.4 is 10.6 Å². The predicted molar refractivity (Wildman–Crippen MR) is 99.0 cm³/mol. The Balaban J connectivity index is 0.00000127. The molecule has 1 aromatic rings. The van der Waals surface area contributed by atoms with Crippen LogP contribution >= 0.6 is 0 Å². The van der Waals surface area contributed by atoms with Crippen molar-refractivity contribution in [2.75, 3.05) is 6.54 Å².